The van der Waals surface area contributed by atoms with E-state index in [1.54, 1.807) is 13.0 Å². The van der Waals surface area contributed by atoms with Gasteiger partial charge in [-0.3, -0.25) is 14.9 Å². The number of nitro groups is 1. The van der Waals surface area contributed by atoms with Gasteiger partial charge >= 0.3 is 0 Å². The molecule has 0 spiro atoms. The van der Waals surface area contributed by atoms with Crippen LogP contribution in [-0.4, -0.2) is 17.4 Å². The fraction of sp³-hybridized carbons (Fsp3) is 0.235. The van der Waals surface area contributed by atoms with Gasteiger partial charge in [0, 0.05) is 29.3 Å². The number of hydrogen-bond donors (Lipinski definition) is 1. The van der Waals surface area contributed by atoms with Gasteiger partial charge in [0.25, 0.3) is 11.6 Å². The summed E-state index contributed by atoms with van der Waals surface area (Å²) in [4.78, 5) is 22.8. The number of nitro benzene ring substituents is 1. The smallest absolute Gasteiger partial charge is 0.273 e. The lowest BCUT2D eigenvalue weighted by Gasteiger charge is -2.11. The largest absolute Gasteiger partial charge is 0.494 e. The quantitative estimate of drug-likeness (QED) is 0.655. The average Bonchev–Trinajstić information content (AvgIpc) is 2.54. The number of rotatable bonds is 6. The Morgan fingerprint density at radius 2 is 1.96 bits per heavy atom. The van der Waals surface area contributed by atoms with Crippen molar-refractivity contribution in [2.45, 2.75) is 20.4 Å². The molecule has 6 heteroatoms. The van der Waals surface area contributed by atoms with Gasteiger partial charge in [-0.05, 0) is 26.0 Å². The molecule has 120 valence electrons. The monoisotopic (exact) mass is 314 g/mol. The number of amides is 1. The summed E-state index contributed by atoms with van der Waals surface area (Å²) < 4.78 is 5.51. The van der Waals surface area contributed by atoms with Gasteiger partial charge < -0.3 is 10.1 Å². The number of benzene rings is 2. The van der Waals surface area contributed by atoms with Gasteiger partial charge in [0.2, 0.25) is 0 Å². The molecule has 0 saturated heterocycles. The first-order chi connectivity index (χ1) is 11.0. The van der Waals surface area contributed by atoms with Crippen molar-refractivity contribution in [1.82, 2.24) is 5.32 Å². The van der Waals surface area contributed by atoms with Crippen LogP contribution in [0.5, 0.6) is 5.75 Å². The first kappa shape index (κ1) is 16.5. The van der Waals surface area contributed by atoms with E-state index < -0.39 is 4.92 Å². The second kappa shape index (κ2) is 7.40. The van der Waals surface area contributed by atoms with E-state index in [9.17, 15) is 14.9 Å². The van der Waals surface area contributed by atoms with E-state index in [0.717, 1.165) is 5.56 Å². The summed E-state index contributed by atoms with van der Waals surface area (Å²) in [6, 6.07) is 11.9. The van der Waals surface area contributed by atoms with Gasteiger partial charge in [-0.1, -0.05) is 24.3 Å². The standard InChI is InChI=1S/C17H18N2O4/c1-3-23-16-10-5-4-7-13(16)11-18-17(20)14-8-6-9-15(12(14)2)19(21)22/h4-10H,3,11H2,1-2H3,(H,18,20). The van der Waals surface area contributed by atoms with E-state index in [1.807, 2.05) is 31.2 Å². The van der Waals surface area contributed by atoms with Crippen LogP contribution in [0.4, 0.5) is 5.69 Å². The van der Waals surface area contributed by atoms with Gasteiger partial charge in [0.05, 0.1) is 11.5 Å². The summed E-state index contributed by atoms with van der Waals surface area (Å²) in [7, 11) is 0. The van der Waals surface area contributed by atoms with Crippen molar-refractivity contribution in [1.29, 1.82) is 0 Å². The number of para-hydroxylation sites is 1. The van der Waals surface area contributed by atoms with Crippen LogP contribution in [-0.2, 0) is 6.54 Å². The van der Waals surface area contributed by atoms with Crippen LogP contribution in [0.1, 0.15) is 28.4 Å². The highest BCUT2D eigenvalue weighted by molar-refractivity contribution is 5.96. The van der Waals surface area contributed by atoms with Crippen molar-refractivity contribution in [2.75, 3.05) is 6.61 Å². The molecule has 0 aliphatic carbocycles. The maximum Gasteiger partial charge on any atom is 0.273 e. The molecule has 0 bridgehead atoms. The van der Waals surface area contributed by atoms with Crippen LogP contribution in [0.3, 0.4) is 0 Å². The number of hydrogen-bond acceptors (Lipinski definition) is 4. The maximum absolute atomic E-state index is 12.3. The average molecular weight is 314 g/mol. The molecule has 1 N–H and O–H groups in total. The van der Waals surface area contributed by atoms with Crippen LogP contribution in [0.25, 0.3) is 0 Å². The molecule has 0 saturated carbocycles. The number of nitrogens with zero attached hydrogens (tertiary/aromatic N) is 1. The van der Waals surface area contributed by atoms with Crippen LogP contribution in [0.2, 0.25) is 0 Å². The van der Waals surface area contributed by atoms with Crippen molar-refractivity contribution in [3.8, 4) is 5.75 Å². The van der Waals surface area contributed by atoms with Gasteiger partial charge in [-0.2, -0.15) is 0 Å². The van der Waals surface area contributed by atoms with Crippen LogP contribution in [0.15, 0.2) is 42.5 Å². The van der Waals surface area contributed by atoms with Crippen molar-refractivity contribution in [3.63, 3.8) is 0 Å². The molecule has 2 aromatic rings. The van der Waals surface area contributed by atoms with Crippen molar-refractivity contribution >= 4 is 11.6 Å². The minimum Gasteiger partial charge on any atom is -0.494 e. The molecule has 0 atom stereocenters. The summed E-state index contributed by atoms with van der Waals surface area (Å²) in [5.74, 6) is 0.364. The molecule has 0 heterocycles. The molecule has 0 radical (unpaired) electrons. The molecule has 2 aromatic carbocycles. The van der Waals surface area contributed by atoms with Crippen LogP contribution < -0.4 is 10.1 Å². The Bertz CT molecular complexity index is 728. The topological polar surface area (TPSA) is 81.5 Å². The maximum atomic E-state index is 12.3. The number of ether oxygens (including phenoxy) is 1. The fourth-order valence-corrected chi connectivity index (χ4v) is 2.28. The lowest BCUT2D eigenvalue weighted by Crippen LogP contribution is -2.24. The van der Waals surface area contributed by atoms with E-state index in [1.165, 1.54) is 12.1 Å². The van der Waals surface area contributed by atoms with Crippen molar-refractivity contribution in [3.05, 3.63) is 69.3 Å². The molecule has 1 amide bonds. The van der Waals surface area contributed by atoms with Gasteiger partial charge in [-0.25, -0.2) is 0 Å². The molecule has 0 aromatic heterocycles. The van der Waals surface area contributed by atoms with Crippen molar-refractivity contribution in [2.24, 2.45) is 0 Å². The normalized spacial score (nSPS) is 10.2. The summed E-state index contributed by atoms with van der Waals surface area (Å²) in [5, 5.41) is 13.7. The minimum atomic E-state index is -0.490. The molecule has 0 fully saturated rings. The van der Waals surface area contributed by atoms with E-state index in [0.29, 0.717) is 23.5 Å². The Balaban J connectivity index is 2.15. The Kier molecular flexibility index (Phi) is 5.30. The van der Waals surface area contributed by atoms with Crippen LogP contribution >= 0.6 is 0 Å². The fourth-order valence-electron chi connectivity index (χ4n) is 2.28. The lowest BCUT2D eigenvalue weighted by molar-refractivity contribution is -0.385. The molecule has 6 nitrogen and oxygen atoms in total. The Morgan fingerprint density at radius 1 is 1.22 bits per heavy atom. The molecule has 0 unspecified atom stereocenters. The van der Waals surface area contributed by atoms with E-state index >= 15 is 0 Å². The minimum absolute atomic E-state index is 0.0626. The van der Waals surface area contributed by atoms with Crippen molar-refractivity contribution < 1.29 is 14.5 Å². The predicted octanol–water partition coefficient (Wildman–Crippen LogP) is 3.23. The molecule has 23 heavy (non-hydrogen) atoms. The number of carbonyl (C=O) groups is 1. The summed E-state index contributed by atoms with van der Waals surface area (Å²) in [5.41, 5.74) is 1.44. The Hall–Kier alpha value is -2.89. The zero-order valence-electron chi connectivity index (χ0n) is 13.0. The second-order valence-corrected chi connectivity index (χ2v) is 4.93. The lowest BCUT2D eigenvalue weighted by atomic mass is 10.1. The highest BCUT2D eigenvalue weighted by atomic mass is 16.6. The predicted molar refractivity (Wildman–Crippen MR) is 86.6 cm³/mol. The molecule has 0 aliphatic rings. The van der Waals surface area contributed by atoms with Gasteiger partial charge in [-0.15, -0.1) is 0 Å². The number of nitrogens with one attached hydrogen (secondary N) is 1. The highest BCUT2D eigenvalue weighted by Crippen LogP contribution is 2.22. The van der Waals surface area contributed by atoms with Gasteiger partial charge in [0.15, 0.2) is 0 Å². The van der Waals surface area contributed by atoms with E-state index in [4.69, 9.17) is 4.74 Å². The number of carbonyl (C=O) groups excluding carboxylic acids is 1. The third kappa shape index (κ3) is 3.85. The Morgan fingerprint density at radius 3 is 2.65 bits per heavy atom. The Labute approximate surface area is 134 Å². The molecular formula is C17H18N2O4. The molecular weight excluding hydrogens is 296 g/mol. The molecule has 2 rings (SSSR count). The zero-order valence-corrected chi connectivity index (χ0v) is 13.0. The van der Waals surface area contributed by atoms with Crippen LogP contribution in [0, 0.1) is 17.0 Å². The third-order valence-corrected chi connectivity index (χ3v) is 3.46. The summed E-state index contributed by atoms with van der Waals surface area (Å²) in [6.07, 6.45) is 0. The molecule has 0 aliphatic heterocycles. The third-order valence-electron chi connectivity index (χ3n) is 3.46. The first-order valence-electron chi connectivity index (χ1n) is 7.27. The van der Waals surface area contributed by atoms with E-state index in [-0.39, 0.29) is 18.1 Å². The summed E-state index contributed by atoms with van der Waals surface area (Å²) >= 11 is 0. The van der Waals surface area contributed by atoms with Gasteiger partial charge in [0.1, 0.15) is 5.75 Å². The highest BCUT2D eigenvalue weighted by Gasteiger charge is 2.17. The first-order valence-corrected chi connectivity index (χ1v) is 7.27. The zero-order chi connectivity index (χ0) is 16.8. The van der Waals surface area contributed by atoms with E-state index in [2.05, 4.69) is 5.32 Å². The SMILES string of the molecule is CCOc1ccccc1CNC(=O)c1cccc([N+](=O)[O-])c1C. The summed E-state index contributed by atoms with van der Waals surface area (Å²) in [6.45, 7) is 4.29. The second-order valence-electron chi connectivity index (χ2n) is 4.93.